The number of hydrogen-bond donors (Lipinski definition) is 2. The highest BCUT2D eigenvalue weighted by Crippen LogP contribution is 2.31. The largest absolute Gasteiger partial charge is 0.451 e. The van der Waals surface area contributed by atoms with Gasteiger partial charge < -0.3 is 9.73 Å². The number of fused-ring (bicyclic) bond motifs is 1. The first-order valence-corrected chi connectivity index (χ1v) is 11.4. The van der Waals surface area contributed by atoms with Crippen LogP contribution in [-0.2, 0) is 0 Å². The highest BCUT2D eigenvalue weighted by atomic mass is 32.1. The number of aromatic nitrogens is 4. The van der Waals surface area contributed by atoms with E-state index in [4.69, 9.17) is 16.6 Å². The normalized spacial score (nSPS) is 10.9. The summed E-state index contributed by atoms with van der Waals surface area (Å²) in [5, 5.41) is 30.0. The van der Waals surface area contributed by atoms with Gasteiger partial charge in [0.2, 0.25) is 4.96 Å². The van der Waals surface area contributed by atoms with Crippen LogP contribution in [0.5, 0.6) is 0 Å². The molecule has 5 aromatic rings. The molecule has 0 bridgehead atoms. The number of nitro groups is 1. The monoisotopic (exact) mass is 505 g/mol. The summed E-state index contributed by atoms with van der Waals surface area (Å²) < 4.78 is 7.26. The summed E-state index contributed by atoms with van der Waals surface area (Å²) in [4.78, 5) is 23.9. The quantitative estimate of drug-likeness (QED) is 0.201. The Kier molecular flexibility index (Phi) is 5.76. The van der Waals surface area contributed by atoms with Crippen molar-refractivity contribution in [1.29, 1.82) is 0 Å². The van der Waals surface area contributed by atoms with E-state index in [0.717, 1.165) is 5.56 Å². The highest BCUT2D eigenvalue weighted by molar-refractivity contribution is 7.80. The van der Waals surface area contributed by atoms with Crippen LogP contribution in [0.1, 0.15) is 16.4 Å². The van der Waals surface area contributed by atoms with E-state index in [0.29, 0.717) is 32.8 Å². The molecule has 0 saturated carbocycles. The Balaban J connectivity index is 1.30. The zero-order valence-electron chi connectivity index (χ0n) is 18.0. The smallest absolute Gasteiger partial charge is 0.293 e. The van der Waals surface area contributed by atoms with Crippen molar-refractivity contribution in [2.24, 2.45) is 0 Å². The van der Waals surface area contributed by atoms with Gasteiger partial charge in [0.05, 0.1) is 10.6 Å². The molecule has 0 fully saturated rings. The van der Waals surface area contributed by atoms with E-state index in [1.165, 1.54) is 29.5 Å². The molecule has 0 spiro atoms. The van der Waals surface area contributed by atoms with E-state index in [9.17, 15) is 14.9 Å². The Hall–Kier alpha value is -4.49. The minimum absolute atomic E-state index is 0.00747. The number of rotatable bonds is 5. The van der Waals surface area contributed by atoms with Crippen LogP contribution in [0.15, 0.2) is 65.1 Å². The summed E-state index contributed by atoms with van der Waals surface area (Å²) in [6.07, 6.45) is 0. The first-order chi connectivity index (χ1) is 16.9. The van der Waals surface area contributed by atoms with Crippen LogP contribution in [0, 0.1) is 17.0 Å². The number of nitrogens with zero attached hydrogens (tertiary/aromatic N) is 5. The molecule has 3 heterocycles. The third kappa shape index (κ3) is 4.49. The number of thiocarbonyl (C=S) groups is 1. The molecular weight excluding hydrogens is 490 g/mol. The molecule has 2 aromatic carbocycles. The number of anilines is 1. The summed E-state index contributed by atoms with van der Waals surface area (Å²) in [6.45, 7) is 1.82. The molecule has 0 aliphatic rings. The number of amides is 1. The van der Waals surface area contributed by atoms with Crippen LogP contribution in [-0.4, -0.2) is 35.8 Å². The molecule has 13 heteroatoms. The van der Waals surface area contributed by atoms with Gasteiger partial charge in [-0.3, -0.25) is 20.2 Å². The van der Waals surface area contributed by atoms with E-state index >= 15 is 0 Å². The summed E-state index contributed by atoms with van der Waals surface area (Å²) in [7, 11) is 0. The summed E-state index contributed by atoms with van der Waals surface area (Å²) in [5.41, 5.74) is 1.84. The maximum atomic E-state index is 12.7. The fraction of sp³-hybridized carbons (Fsp3) is 0.0455. The minimum Gasteiger partial charge on any atom is -0.451 e. The summed E-state index contributed by atoms with van der Waals surface area (Å²) in [6, 6.07) is 16.4. The van der Waals surface area contributed by atoms with Gasteiger partial charge in [0.25, 0.3) is 11.6 Å². The molecule has 0 aliphatic carbocycles. The Morgan fingerprint density at radius 2 is 1.97 bits per heavy atom. The molecule has 0 unspecified atom stereocenters. The van der Waals surface area contributed by atoms with Crippen LogP contribution < -0.4 is 10.6 Å². The van der Waals surface area contributed by atoms with Crippen molar-refractivity contribution in [3.63, 3.8) is 0 Å². The number of aryl methyl sites for hydroxylation is 1. The summed E-state index contributed by atoms with van der Waals surface area (Å²) in [5.74, 6) is 0.444. The molecule has 5 rings (SSSR count). The molecule has 3 aromatic heterocycles. The number of hydrogen-bond acceptors (Lipinski definition) is 9. The number of carbonyl (C=O) groups excluding carboxylic acids is 1. The number of carbonyl (C=O) groups is 1. The van der Waals surface area contributed by atoms with Gasteiger partial charge in [-0.25, -0.2) is 0 Å². The van der Waals surface area contributed by atoms with Gasteiger partial charge in [0, 0.05) is 23.3 Å². The lowest BCUT2D eigenvalue weighted by atomic mass is 10.1. The molecule has 0 saturated heterocycles. The fourth-order valence-electron chi connectivity index (χ4n) is 3.31. The lowest BCUT2D eigenvalue weighted by Gasteiger charge is -2.11. The zero-order valence-corrected chi connectivity index (χ0v) is 19.6. The number of para-hydroxylation sites is 1. The lowest BCUT2D eigenvalue weighted by Crippen LogP contribution is -2.34. The molecule has 2 N–H and O–H groups in total. The molecule has 1 amide bonds. The van der Waals surface area contributed by atoms with Crippen molar-refractivity contribution in [1.82, 2.24) is 25.1 Å². The van der Waals surface area contributed by atoms with Gasteiger partial charge in [-0.15, -0.1) is 10.2 Å². The molecule has 0 atom stereocenters. The third-order valence-corrected chi connectivity index (χ3v) is 6.09. The fourth-order valence-corrected chi connectivity index (χ4v) is 4.44. The second-order valence-electron chi connectivity index (χ2n) is 7.27. The van der Waals surface area contributed by atoms with Gasteiger partial charge >= 0.3 is 0 Å². The van der Waals surface area contributed by atoms with E-state index in [1.807, 2.05) is 31.2 Å². The van der Waals surface area contributed by atoms with Gasteiger partial charge in [0.15, 0.2) is 16.7 Å². The van der Waals surface area contributed by atoms with Crippen molar-refractivity contribution < 1.29 is 14.1 Å². The van der Waals surface area contributed by atoms with Crippen LogP contribution >= 0.6 is 23.6 Å². The van der Waals surface area contributed by atoms with Crippen LogP contribution in [0.25, 0.3) is 26.9 Å². The molecular formula is C22H15N7O4S2. The van der Waals surface area contributed by atoms with Gasteiger partial charge in [-0.2, -0.15) is 9.61 Å². The number of nitrogens with one attached hydrogen (secondary N) is 2. The predicted octanol–water partition coefficient (Wildman–Crippen LogP) is 4.46. The second-order valence-corrected chi connectivity index (χ2v) is 8.64. The average Bonchev–Trinajstić information content (AvgIpc) is 3.57. The Labute approximate surface area is 206 Å². The standard InChI is InChI=1S/C22H15N7O4S2/c1-12-25-26-22-28(12)27-20(35-22)15-7-2-3-8-16(15)23-21(34)24-19(30)18-10-9-17(33-18)13-5-4-6-14(11-13)29(31)32/h2-11H,1H3,(H2,23,24,30,34). The van der Waals surface area contributed by atoms with Crippen LogP contribution in [0.4, 0.5) is 11.4 Å². The van der Waals surface area contributed by atoms with Crippen molar-refractivity contribution in [2.45, 2.75) is 6.92 Å². The van der Waals surface area contributed by atoms with E-state index in [-0.39, 0.29) is 16.6 Å². The first-order valence-electron chi connectivity index (χ1n) is 10.1. The summed E-state index contributed by atoms with van der Waals surface area (Å²) >= 11 is 6.71. The van der Waals surface area contributed by atoms with Crippen molar-refractivity contribution in [2.75, 3.05) is 5.32 Å². The van der Waals surface area contributed by atoms with Gasteiger partial charge in [-0.1, -0.05) is 35.6 Å². The minimum atomic E-state index is -0.564. The van der Waals surface area contributed by atoms with Crippen molar-refractivity contribution >= 4 is 50.9 Å². The average molecular weight is 506 g/mol. The Morgan fingerprint density at radius 1 is 1.14 bits per heavy atom. The molecule has 174 valence electrons. The lowest BCUT2D eigenvalue weighted by molar-refractivity contribution is -0.384. The molecule has 11 nitrogen and oxygen atoms in total. The topological polar surface area (TPSA) is 140 Å². The molecule has 0 aliphatic heterocycles. The Morgan fingerprint density at radius 3 is 2.77 bits per heavy atom. The number of benzene rings is 2. The number of nitro benzene ring substituents is 1. The highest BCUT2D eigenvalue weighted by Gasteiger charge is 2.17. The third-order valence-electron chi connectivity index (χ3n) is 4.95. The van der Waals surface area contributed by atoms with Crippen LogP contribution in [0.2, 0.25) is 0 Å². The Bertz CT molecular complexity index is 1600. The first kappa shape index (κ1) is 22.3. The van der Waals surface area contributed by atoms with E-state index in [1.54, 1.807) is 22.7 Å². The van der Waals surface area contributed by atoms with Gasteiger partial charge in [0.1, 0.15) is 10.8 Å². The van der Waals surface area contributed by atoms with E-state index in [2.05, 4.69) is 25.9 Å². The predicted molar refractivity (Wildman–Crippen MR) is 133 cm³/mol. The second kappa shape index (κ2) is 9.04. The van der Waals surface area contributed by atoms with Crippen molar-refractivity contribution in [3.8, 4) is 21.9 Å². The number of non-ortho nitro benzene ring substituents is 1. The van der Waals surface area contributed by atoms with Gasteiger partial charge in [-0.05, 0) is 43.4 Å². The molecule has 0 radical (unpaired) electrons. The van der Waals surface area contributed by atoms with E-state index < -0.39 is 10.8 Å². The SMILES string of the molecule is Cc1nnc2sc(-c3ccccc3NC(=S)NC(=O)c3ccc(-c4cccc([N+](=O)[O-])c4)o3)nn12. The molecule has 35 heavy (non-hydrogen) atoms. The maximum Gasteiger partial charge on any atom is 0.293 e. The number of furan rings is 1. The maximum absolute atomic E-state index is 12.7. The zero-order chi connectivity index (χ0) is 24.5. The van der Waals surface area contributed by atoms with Crippen LogP contribution in [0.3, 0.4) is 0 Å². The van der Waals surface area contributed by atoms with Crippen molar-refractivity contribution in [3.05, 3.63) is 82.4 Å².